The van der Waals surface area contributed by atoms with E-state index < -0.39 is 11.6 Å². The van der Waals surface area contributed by atoms with Gasteiger partial charge in [-0.05, 0) is 48.7 Å². The van der Waals surface area contributed by atoms with Crippen molar-refractivity contribution in [3.8, 4) is 5.69 Å². The highest BCUT2D eigenvalue weighted by Crippen LogP contribution is 2.28. The number of rotatable bonds is 8. The van der Waals surface area contributed by atoms with E-state index in [9.17, 15) is 4.79 Å². The monoisotopic (exact) mass is 572 g/mol. The summed E-state index contributed by atoms with van der Waals surface area (Å²) in [6.45, 7) is 6.64. The van der Waals surface area contributed by atoms with Gasteiger partial charge in [-0.25, -0.2) is 13.8 Å². The first-order valence-corrected chi connectivity index (χ1v) is 14.6. The summed E-state index contributed by atoms with van der Waals surface area (Å²) in [4.78, 5) is 27.6. The molecule has 4 heterocycles. The maximum Gasteiger partial charge on any atom is 0.234 e. The van der Waals surface area contributed by atoms with E-state index in [-0.39, 0.29) is 24.6 Å². The van der Waals surface area contributed by atoms with Crippen molar-refractivity contribution in [1.82, 2.24) is 34.6 Å². The Labute approximate surface area is 243 Å². The predicted molar refractivity (Wildman–Crippen MR) is 157 cm³/mol. The molecule has 0 spiro atoms. The highest BCUT2D eigenvalue weighted by Gasteiger charge is 2.31. The molecule has 9 nitrogen and oxygen atoms in total. The number of hydrogen-bond acceptors (Lipinski definition) is 7. The zero-order valence-electron chi connectivity index (χ0n) is 23.4. The molecule has 2 aliphatic heterocycles. The molecule has 3 aliphatic rings. The first-order valence-electron chi connectivity index (χ1n) is 14.6. The Morgan fingerprint density at radius 3 is 2.40 bits per heavy atom. The third kappa shape index (κ3) is 5.85. The molecule has 1 saturated carbocycles. The van der Waals surface area contributed by atoms with E-state index in [1.807, 2.05) is 18.2 Å². The van der Waals surface area contributed by atoms with Crippen molar-refractivity contribution in [2.24, 2.45) is 0 Å². The molecular formula is C31H34F2N8O. The Hall–Kier alpha value is -3.93. The molecule has 218 valence electrons. The SMILES string of the molecule is O=C1CN(Cc2c(F)cc(-n3ccc4cnc(Nc5ccc(CN6CCN(C7CC7)CC6)cc5)nc43)cc2F)CCN1. The van der Waals surface area contributed by atoms with E-state index in [1.165, 1.54) is 30.5 Å². The number of carbonyl (C=O) groups excluding carboxylic acids is 1. The van der Waals surface area contributed by atoms with Crippen molar-refractivity contribution in [3.05, 3.63) is 77.6 Å². The van der Waals surface area contributed by atoms with Gasteiger partial charge in [-0.2, -0.15) is 4.98 Å². The smallest absolute Gasteiger partial charge is 0.234 e. The van der Waals surface area contributed by atoms with E-state index in [0.717, 1.165) is 49.8 Å². The fourth-order valence-electron chi connectivity index (χ4n) is 5.92. The molecule has 2 saturated heterocycles. The zero-order chi connectivity index (χ0) is 28.6. The molecule has 3 fully saturated rings. The number of aromatic nitrogens is 3. The maximum absolute atomic E-state index is 15.1. The summed E-state index contributed by atoms with van der Waals surface area (Å²) >= 11 is 0. The van der Waals surface area contributed by atoms with Crippen molar-refractivity contribution >= 4 is 28.6 Å². The summed E-state index contributed by atoms with van der Waals surface area (Å²) in [5, 5.41) is 6.73. The van der Waals surface area contributed by atoms with E-state index >= 15 is 8.78 Å². The van der Waals surface area contributed by atoms with Crippen LogP contribution in [0, 0.1) is 11.6 Å². The third-order valence-electron chi connectivity index (χ3n) is 8.42. The molecule has 0 atom stereocenters. The molecule has 0 unspecified atom stereocenters. The van der Waals surface area contributed by atoms with Gasteiger partial charge in [0.1, 0.15) is 17.3 Å². The van der Waals surface area contributed by atoms with Crippen LogP contribution in [-0.2, 0) is 17.9 Å². The lowest BCUT2D eigenvalue weighted by Crippen LogP contribution is -2.47. The second-order valence-electron chi connectivity index (χ2n) is 11.5. The molecule has 7 rings (SSSR count). The highest BCUT2D eigenvalue weighted by molar-refractivity contribution is 5.79. The minimum Gasteiger partial charge on any atom is -0.354 e. The normalized spacial score (nSPS) is 18.9. The van der Waals surface area contributed by atoms with Crippen LogP contribution < -0.4 is 10.6 Å². The average Bonchev–Trinajstić information content (AvgIpc) is 3.75. The van der Waals surface area contributed by atoms with Crippen molar-refractivity contribution in [2.45, 2.75) is 32.0 Å². The van der Waals surface area contributed by atoms with E-state index in [2.05, 4.69) is 42.5 Å². The number of nitrogens with one attached hydrogen (secondary N) is 2. The number of hydrogen-bond donors (Lipinski definition) is 2. The average molecular weight is 573 g/mol. The van der Waals surface area contributed by atoms with Crippen molar-refractivity contribution in [3.63, 3.8) is 0 Å². The lowest BCUT2D eigenvalue weighted by molar-refractivity contribution is -0.124. The number of anilines is 2. The summed E-state index contributed by atoms with van der Waals surface area (Å²) in [5.74, 6) is -1.06. The number of halogens is 2. The second-order valence-corrected chi connectivity index (χ2v) is 11.5. The summed E-state index contributed by atoms with van der Waals surface area (Å²) in [6, 6.07) is 13.6. The van der Waals surface area contributed by atoms with Gasteiger partial charge in [-0.15, -0.1) is 0 Å². The number of piperazine rings is 2. The first-order chi connectivity index (χ1) is 20.5. The summed E-state index contributed by atoms with van der Waals surface area (Å²) < 4.78 is 31.9. The van der Waals surface area contributed by atoms with Crippen molar-refractivity contribution in [1.29, 1.82) is 0 Å². The number of carbonyl (C=O) groups is 1. The summed E-state index contributed by atoms with van der Waals surface area (Å²) in [6.07, 6.45) is 6.15. The minimum atomic E-state index is -0.657. The molecule has 11 heteroatoms. The van der Waals surface area contributed by atoms with Gasteiger partial charge in [0.15, 0.2) is 0 Å². The Morgan fingerprint density at radius 2 is 1.69 bits per heavy atom. The topological polar surface area (TPSA) is 81.6 Å². The standard InChI is InChI=1S/C31H34F2N8O/c32-27-15-25(16-28(33)26(27)19-39-10-8-34-29(42)20-39)41-9-7-22-17-35-31(37-30(22)41)36-23-3-1-21(2-4-23)18-38-11-13-40(14-12-38)24-5-6-24/h1-4,7,9,15-17,24H,5-6,8,10-14,18-20H2,(H,34,42)(H,35,36,37). The van der Waals surface area contributed by atoms with Crippen LogP contribution in [-0.4, -0.2) is 87.0 Å². The number of amides is 1. The first kappa shape index (κ1) is 26.9. The van der Waals surface area contributed by atoms with Gasteiger partial charge >= 0.3 is 0 Å². The molecule has 0 bridgehead atoms. The van der Waals surface area contributed by atoms with Crippen LogP contribution in [0.15, 0.2) is 54.9 Å². The molecule has 2 aromatic carbocycles. The van der Waals surface area contributed by atoms with E-state index in [1.54, 1.807) is 21.9 Å². The summed E-state index contributed by atoms with van der Waals surface area (Å²) in [7, 11) is 0. The Balaban J connectivity index is 1.03. The van der Waals surface area contributed by atoms with Crippen LogP contribution in [0.3, 0.4) is 0 Å². The molecule has 2 aromatic heterocycles. The number of fused-ring (bicyclic) bond motifs is 1. The van der Waals surface area contributed by atoms with Gasteiger partial charge in [0.25, 0.3) is 0 Å². The number of nitrogens with zero attached hydrogens (tertiary/aromatic N) is 6. The molecule has 0 radical (unpaired) electrons. The fraction of sp³-hybridized carbons (Fsp3) is 0.387. The van der Waals surface area contributed by atoms with E-state index in [0.29, 0.717) is 30.4 Å². The van der Waals surface area contributed by atoms with E-state index in [4.69, 9.17) is 0 Å². The zero-order valence-corrected chi connectivity index (χ0v) is 23.4. The van der Waals surface area contributed by atoms with Crippen LogP contribution in [0.25, 0.3) is 16.7 Å². The lowest BCUT2D eigenvalue weighted by Gasteiger charge is -2.34. The molecule has 1 aliphatic carbocycles. The van der Waals surface area contributed by atoms with Gasteiger partial charge in [0.2, 0.25) is 11.9 Å². The largest absolute Gasteiger partial charge is 0.354 e. The fourth-order valence-corrected chi connectivity index (χ4v) is 5.92. The minimum absolute atomic E-state index is 0.0316. The maximum atomic E-state index is 15.1. The Kier molecular flexibility index (Phi) is 7.31. The van der Waals surface area contributed by atoms with Crippen LogP contribution in [0.5, 0.6) is 0 Å². The molecule has 42 heavy (non-hydrogen) atoms. The predicted octanol–water partition coefficient (Wildman–Crippen LogP) is 3.65. The van der Waals surface area contributed by atoms with Gasteiger partial charge in [0, 0.05) is 87.4 Å². The van der Waals surface area contributed by atoms with Crippen LogP contribution >= 0.6 is 0 Å². The van der Waals surface area contributed by atoms with Crippen LogP contribution in [0.2, 0.25) is 0 Å². The highest BCUT2D eigenvalue weighted by atomic mass is 19.1. The molecule has 2 N–H and O–H groups in total. The van der Waals surface area contributed by atoms with Gasteiger partial charge < -0.3 is 15.2 Å². The van der Waals surface area contributed by atoms with Crippen molar-refractivity contribution in [2.75, 3.05) is 51.1 Å². The quantitative estimate of drug-likeness (QED) is 0.334. The molecule has 1 amide bonds. The van der Waals surface area contributed by atoms with Crippen molar-refractivity contribution < 1.29 is 13.6 Å². The van der Waals surface area contributed by atoms with Crippen LogP contribution in [0.1, 0.15) is 24.0 Å². The Bertz CT molecular complexity index is 1570. The lowest BCUT2D eigenvalue weighted by atomic mass is 10.1. The summed E-state index contributed by atoms with van der Waals surface area (Å²) in [5.41, 5.74) is 2.94. The second kappa shape index (κ2) is 11.4. The van der Waals surface area contributed by atoms with Gasteiger partial charge in [0.05, 0.1) is 12.2 Å². The number of benzene rings is 2. The third-order valence-corrected chi connectivity index (χ3v) is 8.42. The Morgan fingerprint density at radius 1 is 0.929 bits per heavy atom. The molecule has 4 aromatic rings. The molecular weight excluding hydrogens is 538 g/mol. The van der Waals surface area contributed by atoms with Gasteiger partial charge in [-0.3, -0.25) is 19.5 Å². The van der Waals surface area contributed by atoms with Gasteiger partial charge in [-0.1, -0.05) is 12.1 Å². The van der Waals surface area contributed by atoms with Crippen LogP contribution in [0.4, 0.5) is 20.4 Å².